The Morgan fingerprint density at radius 3 is 2.88 bits per heavy atom. The summed E-state index contributed by atoms with van der Waals surface area (Å²) in [6, 6.07) is 2.53. The summed E-state index contributed by atoms with van der Waals surface area (Å²) in [5.41, 5.74) is 5.97. The van der Waals surface area contributed by atoms with Crippen LogP contribution in [0.5, 0.6) is 0 Å². The van der Waals surface area contributed by atoms with E-state index in [0.29, 0.717) is 17.9 Å². The van der Waals surface area contributed by atoms with Gasteiger partial charge in [0, 0.05) is 20.8 Å². The second kappa shape index (κ2) is 4.98. The number of halogens is 1. The number of nitrogens with two attached hydrogens (primary N) is 1. The number of nitrogens with zero attached hydrogens (tertiary/aromatic N) is 2. The molecular formula is C12H18BrN3S. The number of hydrogen-bond acceptors (Lipinski definition) is 4. The Labute approximate surface area is 115 Å². The highest BCUT2D eigenvalue weighted by Gasteiger charge is 2.29. The van der Waals surface area contributed by atoms with Crippen molar-refractivity contribution >= 4 is 33.2 Å². The first-order chi connectivity index (χ1) is 7.99. The van der Waals surface area contributed by atoms with Gasteiger partial charge >= 0.3 is 0 Å². The van der Waals surface area contributed by atoms with E-state index in [1.54, 1.807) is 0 Å². The van der Waals surface area contributed by atoms with Crippen molar-refractivity contribution < 1.29 is 0 Å². The summed E-state index contributed by atoms with van der Waals surface area (Å²) in [6.45, 7) is 8.29. The van der Waals surface area contributed by atoms with Crippen LogP contribution in [0.15, 0.2) is 15.5 Å². The molecular weight excluding hydrogens is 298 g/mol. The number of guanidine groups is 1. The van der Waals surface area contributed by atoms with Crippen LogP contribution in [-0.2, 0) is 0 Å². The van der Waals surface area contributed by atoms with Crippen molar-refractivity contribution in [1.82, 2.24) is 4.90 Å². The van der Waals surface area contributed by atoms with Crippen molar-refractivity contribution in [2.24, 2.45) is 16.6 Å². The Morgan fingerprint density at radius 1 is 1.65 bits per heavy atom. The maximum atomic E-state index is 5.97. The molecule has 0 amide bonds. The molecule has 1 aliphatic rings. The number of aryl methyl sites for hydroxylation is 1. The van der Waals surface area contributed by atoms with Crippen LogP contribution >= 0.6 is 27.3 Å². The minimum absolute atomic E-state index is 0.326. The van der Waals surface area contributed by atoms with E-state index < -0.39 is 0 Å². The van der Waals surface area contributed by atoms with E-state index in [-0.39, 0.29) is 0 Å². The molecule has 0 spiro atoms. The molecule has 2 heterocycles. The predicted molar refractivity (Wildman–Crippen MR) is 77.5 cm³/mol. The number of rotatable bonds is 3. The SMILES string of the molecule is Cc1sc(C2CN=C(N)N2CC(C)C)cc1Br. The van der Waals surface area contributed by atoms with Gasteiger partial charge in [0.05, 0.1) is 12.6 Å². The highest BCUT2D eigenvalue weighted by Crippen LogP contribution is 2.35. The van der Waals surface area contributed by atoms with Gasteiger partial charge in [-0.3, -0.25) is 4.99 Å². The molecule has 1 aliphatic heterocycles. The van der Waals surface area contributed by atoms with E-state index in [9.17, 15) is 0 Å². The Balaban J connectivity index is 2.21. The number of hydrogen-bond donors (Lipinski definition) is 1. The first kappa shape index (κ1) is 12.9. The van der Waals surface area contributed by atoms with Gasteiger partial charge in [-0.2, -0.15) is 0 Å². The molecule has 17 heavy (non-hydrogen) atoms. The third-order valence-electron chi connectivity index (χ3n) is 2.86. The van der Waals surface area contributed by atoms with Gasteiger partial charge in [0.2, 0.25) is 0 Å². The van der Waals surface area contributed by atoms with E-state index in [2.05, 4.69) is 52.7 Å². The summed E-state index contributed by atoms with van der Waals surface area (Å²) in [5, 5.41) is 0. The zero-order valence-corrected chi connectivity index (χ0v) is 12.8. The molecule has 1 atom stereocenters. The molecule has 0 saturated heterocycles. The lowest BCUT2D eigenvalue weighted by Gasteiger charge is -2.27. The second-order valence-electron chi connectivity index (χ2n) is 4.81. The van der Waals surface area contributed by atoms with E-state index in [1.165, 1.54) is 14.2 Å². The van der Waals surface area contributed by atoms with Crippen LogP contribution < -0.4 is 5.73 Å². The van der Waals surface area contributed by atoms with Crippen molar-refractivity contribution in [2.75, 3.05) is 13.1 Å². The van der Waals surface area contributed by atoms with Crippen molar-refractivity contribution in [3.8, 4) is 0 Å². The van der Waals surface area contributed by atoms with Gasteiger partial charge in [0.1, 0.15) is 0 Å². The molecule has 1 aromatic rings. The molecule has 5 heteroatoms. The van der Waals surface area contributed by atoms with Crippen molar-refractivity contribution in [3.05, 3.63) is 20.3 Å². The quantitative estimate of drug-likeness (QED) is 0.931. The van der Waals surface area contributed by atoms with Gasteiger partial charge < -0.3 is 10.6 Å². The Hall–Kier alpha value is -0.550. The third kappa shape index (κ3) is 2.65. The molecule has 0 saturated carbocycles. The standard InChI is InChI=1S/C12H18BrN3S/c1-7(2)6-16-10(5-15-12(16)14)11-4-9(13)8(3)17-11/h4,7,10H,5-6H2,1-3H3,(H2,14,15). The molecule has 1 aromatic heterocycles. The number of aliphatic imine (C=N–C) groups is 1. The molecule has 0 aliphatic carbocycles. The Bertz CT molecular complexity index is 419. The van der Waals surface area contributed by atoms with E-state index in [0.717, 1.165) is 13.1 Å². The van der Waals surface area contributed by atoms with Crippen LogP contribution in [0.25, 0.3) is 0 Å². The molecule has 0 radical (unpaired) electrons. The summed E-state index contributed by atoms with van der Waals surface area (Å²) in [5.74, 6) is 1.28. The highest BCUT2D eigenvalue weighted by atomic mass is 79.9. The van der Waals surface area contributed by atoms with Crippen LogP contribution in [0.4, 0.5) is 0 Å². The van der Waals surface area contributed by atoms with Crippen LogP contribution in [0, 0.1) is 12.8 Å². The fourth-order valence-electron chi connectivity index (χ4n) is 2.03. The van der Waals surface area contributed by atoms with Gasteiger partial charge in [-0.25, -0.2) is 0 Å². The maximum absolute atomic E-state index is 5.97. The zero-order valence-electron chi connectivity index (χ0n) is 10.4. The zero-order chi connectivity index (χ0) is 12.6. The third-order valence-corrected chi connectivity index (χ3v) is 5.10. The lowest BCUT2D eigenvalue weighted by atomic mass is 10.1. The molecule has 1 unspecified atom stereocenters. The van der Waals surface area contributed by atoms with Gasteiger partial charge in [0.25, 0.3) is 0 Å². The minimum Gasteiger partial charge on any atom is -0.370 e. The lowest BCUT2D eigenvalue weighted by Crippen LogP contribution is -2.38. The van der Waals surface area contributed by atoms with E-state index >= 15 is 0 Å². The largest absolute Gasteiger partial charge is 0.370 e. The normalized spacial score (nSPS) is 20.2. The van der Waals surface area contributed by atoms with Gasteiger partial charge in [-0.1, -0.05) is 13.8 Å². The topological polar surface area (TPSA) is 41.6 Å². The maximum Gasteiger partial charge on any atom is 0.191 e. The summed E-state index contributed by atoms with van der Waals surface area (Å²) in [7, 11) is 0. The monoisotopic (exact) mass is 315 g/mol. The minimum atomic E-state index is 0.326. The van der Waals surface area contributed by atoms with E-state index in [4.69, 9.17) is 5.73 Å². The van der Waals surface area contributed by atoms with Gasteiger partial charge in [-0.05, 0) is 34.8 Å². The van der Waals surface area contributed by atoms with Crippen LogP contribution in [0.2, 0.25) is 0 Å². The molecule has 2 rings (SSSR count). The van der Waals surface area contributed by atoms with Crippen molar-refractivity contribution in [2.45, 2.75) is 26.8 Å². The summed E-state index contributed by atoms with van der Waals surface area (Å²) in [6.07, 6.45) is 0. The summed E-state index contributed by atoms with van der Waals surface area (Å²) < 4.78 is 1.19. The molecule has 3 nitrogen and oxygen atoms in total. The van der Waals surface area contributed by atoms with Crippen LogP contribution in [0.1, 0.15) is 29.6 Å². The molecule has 0 aromatic carbocycles. The first-order valence-electron chi connectivity index (χ1n) is 5.81. The molecule has 0 bridgehead atoms. The van der Waals surface area contributed by atoms with Crippen molar-refractivity contribution in [1.29, 1.82) is 0 Å². The fourth-order valence-corrected chi connectivity index (χ4v) is 3.70. The first-order valence-corrected chi connectivity index (χ1v) is 7.42. The van der Waals surface area contributed by atoms with Gasteiger partial charge in [-0.15, -0.1) is 11.3 Å². The van der Waals surface area contributed by atoms with Crippen LogP contribution in [0.3, 0.4) is 0 Å². The number of thiophene rings is 1. The Kier molecular flexibility index (Phi) is 3.78. The average molecular weight is 316 g/mol. The summed E-state index contributed by atoms with van der Waals surface area (Å²) in [4.78, 5) is 9.26. The van der Waals surface area contributed by atoms with Crippen LogP contribution in [-0.4, -0.2) is 23.9 Å². The van der Waals surface area contributed by atoms with Gasteiger partial charge in [0.15, 0.2) is 5.96 Å². The molecule has 2 N–H and O–H groups in total. The highest BCUT2D eigenvalue weighted by molar-refractivity contribution is 9.10. The van der Waals surface area contributed by atoms with Crippen molar-refractivity contribution in [3.63, 3.8) is 0 Å². The Morgan fingerprint density at radius 2 is 2.35 bits per heavy atom. The molecule has 94 valence electrons. The second-order valence-corrected chi connectivity index (χ2v) is 6.96. The predicted octanol–water partition coefficient (Wildman–Crippen LogP) is 3.15. The molecule has 0 fully saturated rings. The summed E-state index contributed by atoms with van der Waals surface area (Å²) >= 11 is 5.40. The average Bonchev–Trinajstić information content (AvgIpc) is 2.73. The smallest absolute Gasteiger partial charge is 0.191 e. The fraction of sp³-hybridized carbons (Fsp3) is 0.583. The van der Waals surface area contributed by atoms with E-state index in [1.807, 2.05) is 11.3 Å². The lowest BCUT2D eigenvalue weighted by molar-refractivity contribution is 0.313.